The Kier molecular flexibility index (Phi) is 3.72. The average molecular weight is 346 g/mol. The minimum Gasteiger partial charge on any atom is -0.383 e. The molecule has 0 saturated heterocycles. The number of anilines is 2. The van der Waals surface area contributed by atoms with E-state index in [1.807, 2.05) is 0 Å². The van der Waals surface area contributed by atoms with Crippen molar-refractivity contribution in [1.29, 1.82) is 0 Å². The molecule has 0 bridgehead atoms. The van der Waals surface area contributed by atoms with E-state index in [2.05, 4.69) is 25.6 Å². The van der Waals surface area contributed by atoms with Gasteiger partial charge < -0.3 is 5.73 Å². The van der Waals surface area contributed by atoms with Gasteiger partial charge in [-0.15, -0.1) is 0 Å². The molecule has 0 atom stereocenters. The first-order chi connectivity index (χ1) is 8.90. The van der Waals surface area contributed by atoms with E-state index in [1.165, 1.54) is 30.5 Å². The fourth-order valence-corrected chi connectivity index (χ4v) is 3.05. The molecule has 0 aliphatic carbocycles. The number of pyridine rings is 1. The van der Waals surface area contributed by atoms with E-state index in [9.17, 15) is 12.8 Å². The zero-order chi connectivity index (χ0) is 14.0. The van der Waals surface area contributed by atoms with Gasteiger partial charge in [0.1, 0.15) is 16.5 Å². The van der Waals surface area contributed by atoms with Crippen molar-refractivity contribution < 1.29 is 12.8 Å². The maximum atomic E-state index is 13.4. The summed E-state index contributed by atoms with van der Waals surface area (Å²) in [7, 11) is -4.00. The van der Waals surface area contributed by atoms with Crippen LogP contribution in [0.15, 0.2) is 45.9 Å². The smallest absolute Gasteiger partial charge is 0.265 e. The third-order valence-electron chi connectivity index (χ3n) is 2.26. The maximum absolute atomic E-state index is 13.4. The largest absolute Gasteiger partial charge is 0.383 e. The average Bonchev–Trinajstić information content (AvgIpc) is 2.35. The number of nitrogens with two attached hydrogens (primary N) is 1. The van der Waals surface area contributed by atoms with Gasteiger partial charge in [0.2, 0.25) is 0 Å². The molecule has 1 heterocycles. The lowest BCUT2D eigenvalue weighted by Crippen LogP contribution is -2.16. The minimum absolute atomic E-state index is 0.151. The lowest BCUT2D eigenvalue weighted by Gasteiger charge is -2.10. The monoisotopic (exact) mass is 345 g/mol. The highest BCUT2D eigenvalue weighted by Crippen LogP contribution is 2.24. The Morgan fingerprint density at radius 2 is 2.00 bits per heavy atom. The Hall–Kier alpha value is -1.67. The number of nitrogens with one attached hydrogen (secondary N) is 1. The van der Waals surface area contributed by atoms with Crippen molar-refractivity contribution in [2.45, 2.75) is 4.90 Å². The summed E-state index contributed by atoms with van der Waals surface area (Å²) in [4.78, 5) is 3.51. The lowest BCUT2D eigenvalue weighted by atomic mass is 10.3. The maximum Gasteiger partial charge on any atom is 0.265 e. The second-order valence-electron chi connectivity index (χ2n) is 3.62. The van der Waals surface area contributed by atoms with Gasteiger partial charge in [-0.2, -0.15) is 0 Å². The van der Waals surface area contributed by atoms with Gasteiger partial charge in [0.15, 0.2) is 0 Å². The normalized spacial score (nSPS) is 11.3. The molecule has 0 spiro atoms. The SMILES string of the molecule is Nc1ncc(Br)cc1S(=O)(=O)Nc1ccccc1F. The van der Waals surface area contributed by atoms with E-state index >= 15 is 0 Å². The molecule has 2 rings (SSSR count). The molecule has 19 heavy (non-hydrogen) atoms. The number of aromatic nitrogens is 1. The van der Waals surface area contributed by atoms with E-state index < -0.39 is 15.8 Å². The van der Waals surface area contributed by atoms with Crippen LogP contribution in [0.1, 0.15) is 0 Å². The summed E-state index contributed by atoms with van der Waals surface area (Å²) < 4.78 is 40.2. The molecule has 0 aliphatic rings. The van der Waals surface area contributed by atoms with E-state index in [0.29, 0.717) is 4.47 Å². The first-order valence-corrected chi connectivity index (χ1v) is 7.36. The highest BCUT2D eigenvalue weighted by Gasteiger charge is 2.20. The van der Waals surface area contributed by atoms with Crippen molar-refractivity contribution in [2.75, 3.05) is 10.5 Å². The summed E-state index contributed by atoms with van der Waals surface area (Å²) in [6.07, 6.45) is 1.37. The quantitative estimate of drug-likeness (QED) is 0.894. The molecule has 0 radical (unpaired) electrons. The number of hydrogen-bond donors (Lipinski definition) is 2. The summed E-state index contributed by atoms with van der Waals surface area (Å²) >= 11 is 3.10. The van der Waals surface area contributed by atoms with Crippen LogP contribution >= 0.6 is 15.9 Å². The first kappa shape index (κ1) is 13.8. The fraction of sp³-hybridized carbons (Fsp3) is 0. The topological polar surface area (TPSA) is 85.1 Å². The van der Waals surface area contributed by atoms with Crippen LogP contribution < -0.4 is 10.5 Å². The number of hydrogen-bond acceptors (Lipinski definition) is 4. The van der Waals surface area contributed by atoms with E-state index in [1.54, 1.807) is 0 Å². The molecule has 8 heteroatoms. The molecule has 0 fully saturated rings. The summed E-state index contributed by atoms with van der Waals surface area (Å²) in [5, 5.41) is 0. The Labute approximate surface area is 117 Å². The molecule has 1 aromatic carbocycles. The van der Waals surface area contributed by atoms with Crippen LogP contribution in [0.25, 0.3) is 0 Å². The summed E-state index contributed by atoms with van der Waals surface area (Å²) in [5.74, 6) is -0.834. The zero-order valence-electron chi connectivity index (χ0n) is 9.47. The summed E-state index contributed by atoms with van der Waals surface area (Å²) in [6, 6.07) is 6.74. The molecule has 0 amide bonds. The van der Waals surface area contributed by atoms with Gasteiger partial charge in [0.05, 0.1) is 5.69 Å². The second kappa shape index (κ2) is 5.14. The highest BCUT2D eigenvalue weighted by atomic mass is 79.9. The van der Waals surface area contributed by atoms with Gasteiger partial charge in [-0.1, -0.05) is 12.1 Å². The number of nitrogen functional groups attached to an aromatic ring is 1. The number of para-hydroxylation sites is 1. The molecule has 100 valence electrons. The third kappa shape index (κ3) is 3.02. The van der Waals surface area contributed by atoms with Crippen LogP contribution in [-0.4, -0.2) is 13.4 Å². The molecular formula is C11H9BrFN3O2S. The molecule has 0 aliphatic heterocycles. The van der Waals surface area contributed by atoms with Gasteiger partial charge in [0, 0.05) is 10.7 Å². The molecular weight excluding hydrogens is 337 g/mol. The van der Waals surface area contributed by atoms with E-state index in [4.69, 9.17) is 5.73 Å². The van der Waals surface area contributed by atoms with Crippen LogP contribution in [0.5, 0.6) is 0 Å². The number of rotatable bonds is 3. The molecule has 2 aromatic rings. The third-order valence-corrected chi connectivity index (χ3v) is 4.08. The standard InChI is InChI=1S/C11H9BrFN3O2S/c12-7-5-10(11(14)15-6-7)19(17,18)16-9-4-2-1-3-8(9)13/h1-6,16H,(H2,14,15). The van der Waals surface area contributed by atoms with Gasteiger partial charge in [-0.05, 0) is 34.1 Å². The van der Waals surface area contributed by atoms with Crippen molar-refractivity contribution in [3.05, 3.63) is 46.8 Å². The van der Waals surface area contributed by atoms with Crippen molar-refractivity contribution in [3.8, 4) is 0 Å². The Bertz CT molecular complexity index is 722. The fourth-order valence-electron chi connectivity index (χ4n) is 1.39. The van der Waals surface area contributed by atoms with Crippen LogP contribution in [0.3, 0.4) is 0 Å². The highest BCUT2D eigenvalue weighted by molar-refractivity contribution is 9.10. The van der Waals surface area contributed by atoms with Crippen molar-refractivity contribution in [1.82, 2.24) is 4.98 Å². The van der Waals surface area contributed by atoms with Crippen LogP contribution in [-0.2, 0) is 10.0 Å². The molecule has 3 N–H and O–H groups in total. The number of benzene rings is 1. The Morgan fingerprint density at radius 1 is 1.32 bits per heavy atom. The number of nitrogens with zero attached hydrogens (tertiary/aromatic N) is 1. The predicted octanol–water partition coefficient (Wildman–Crippen LogP) is 2.37. The lowest BCUT2D eigenvalue weighted by molar-refractivity contribution is 0.598. The number of sulfonamides is 1. The zero-order valence-corrected chi connectivity index (χ0v) is 11.9. The number of halogens is 2. The van der Waals surface area contributed by atoms with Gasteiger partial charge >= 0.3 is 0 Å². The van der Waals surface area contributed by atoms with Crippen LogP contribution in [0, 0.1) is 5.82 Å². The minimum atomic E-state index is -4.00. The van der Waals surface area contributed by atoms with Gasteiger partial charge in [-0.25, -0.2) is 17.8 Å². The summed E-state index contributed by atoms with van der Waals surface area (Å²) in [5.41, 5.74) is 5.37. The Morgan fingerprint density at radius 3 is 2.68 bits per heavy atom. The van der Waals surface area contributed by atoms with Crippen molar-refractivity contribution >= 4 is 37.5 Å². The second-order valence-corrected chi connectivity index (χ2v) is 6.19. The Balaban J connectivity index is 2.44. The molecule has 0 unspecified atom stereocenters. The van der Waals surface area contributed by atoms with Crippen LogP contribution in [0.4, 0.5) is 15.9 Å². The van der Waals surface area contributed by atoms with E-state index in [-0.39, 0.29) is 16.4 Å². The van der Waals surface area contributed by atoms with Gasteiger partial charge in [0.25, 0.3) is 10.0 Å². The molecule has 1 aromatic heterocycles. The molecule has 0 saturated carbocycles. The van der Waals surface area contributed by atoms with Crippen LogP contribution in [0.2, 0.25) is 0 Å². The van der Waals surface area contributed by atoms with Crippen molar-refractivity contribution in [3.63, 3.8) is 0 Å². The predicted molar refractivity (Wildman–Crippen MR) is 73.6 cm³/mol. The van der Waals surface area contributed by atoms with Gasteiger partial charge in [-0.3, -0.25) is 4.72 Å². The summed E-state index contributed by atoms with van der Waals surface area (Å²) in [6.45, 7) is 0. The van der Waals surface area contributed by atoms with E-state index in [0.717, 1.165) is 6.07 Å². The first-order valence-electron chi connectivity index (χ1n) is 5.08. The van der Waals surface area contributed by atoms with Crippen molar-refractivity contribution in [2.24, 2.45) is 0 Å². The molecule has 5 nitrogen and oxygen atoms in total.